The van der Waals surface area contributed by atoms with Gasteiger partial charge in [-0.25, -0.2) is 0 Å². The Hall–Kier alpha value is -1.13. The zero-order valence-electron chi connectivity index (χ0n) is 10.8. The lowest BCUT2D eigenvalue weighted by Crippen LogP contribution is -2.46. The van der Waals surface area contributed by atoms with Crippen LogP contribution in [0.1, 0.15) is 24.3 Å². The van der Waals surface area contributed by atoms with Gasteiger partial charge in [0, 0.05) is 26.0 Å². The molecule has 1 N–H and O–H groups in total. The highest BCUT2D eigenvalue weighted by Gasteiger charge is 2.38. The molecule has 1 aromatic rings. The van der Waals surface area contributed by atoms with Crippen LogP contribution in [0.3, 0.4) is 0 Å². The van der Waals surface area contributed by atoms with Crippen molar-refractivity contribution in [2.75, 3.05) is 26.9 Å². The Labute approximate surface area is 108 Å². The van der Waals surface area contributed by atoms with E-state index in [0.29, 0.717) is 17.9 Å². The van der Waals surface area contributed by atoms with Crippen LogP contribution in [0.5, 0.6) is 5.75 Å². The highest BCUT2D eigenvalue weighted by molar-refractivity contribution is 5.30. The van der Waals surface area contributed by atoms with E-state index >= 15 is 0 Å². The van der Waals surface area contributed by atoms with Gasteiger partial charge in [-0.1, -0.05) is 0 Å². The van der Waals surface area contributed by atoms with Crippen molar-refractivity contribution < 1.29 is 9.47 Å². The van der Waals surface area contributed by atoms with Crippen molar-refractivity contribution >= 4 is 0 Å². The molecule has 1 saturated carbocycles. The molecule has 0 spiro atoms. The molecule has 3 atom stereocenters. The second kappa shape index (κ2) is 5.24. The van der Waals surface area contributed by atoms with Gasteiger partial charge in [-0.15, -0.1) is 0 Å². The highest BCUT2D eigenvalue weighted by atomic mass is 16.5. The number of pyridine rings is 1. The molecule has 3 rings (SSSR count). The topological polar surface area (TPSA) is 43.4 Å². The zero-order valence-corrected chi connectivity index (χ0v) is 10.8. The number of hydrogen-bond donors (Lipinski definition) is 1. The van der Waals surface area contributed by atoms with Crippen molar-refractivity contribution in [2.24, 2.45) is 5.92 Å². The van der Waals surface area contributed by atoms with Crippen molar-refractivity contribution in [1.29, 1.82) is 0 Å². The predicted octanol–water partition coefficient (Wildman–Crippen LogP) is 1.57. The Morgan fingerprint density at radius 2 is 2.28 bits per heavy atom. The molecule has 18 heavy (non-hydrogen) atoms. The maximum absolute atomic E-state index is 5.77. The fourth-order valence-corrected chi connectivity index (χ4v) is 2.46. The first kappa shape index (κ1) is 11.9. The van der Waals surface area contributed by atoms with Crippen LogP contribution in [0.15, 0.2) is 18.5 Å². The van der Waals surface area contributed by atoms with E-state index in [0.717, 1.165) is 25.5 Å². The largest absolute Gasteiger partial charge is 0.490 e. The van der Waals surface area contributed by atoms with Gasteiger partial charge < -0.3 is 14.8 Å². The highest BCUT2D eigenvalue weighted by Crippen LogP contribution is 2.47. The molecule has 1 saturated heterocycles. The average Bonchev–Trinajstić information content (AvgIpc) is 3.07. The van der Waals surface area contributed by atoms with Gasteiger partial charge in [0.05, 0.1) is 6.20 Å². The van der Waals surface area contributed by atoms with Crippen molar-refractivity contribution in [2.45, 2.75) is 24.8 Å². The maximum Gasteiger partial charge on any atom is 0.137 e. The van der Waals surface area contributed by atoms with E-state index in [9.17, 15) is 0 Å². The third-order valence-corrected chi connectivity index (χ3v) is 3.84. The number of rotatable bonds is 6. The van der Waals surface area contributed by atoms with Gasteiger partial charge in [0.15, 0.2) is 0 Å². The molecule has 1 aromatic heterocycles. The number of hydrogen-bond acceptors (Lipinski definition) is 4. The van der Waals surface area contributed by atoms with Crippen molar-refractivity contribution in [1.82, 2.24) is 10.3 Å². The minimum absolute atomic E-state index is 0.524. The molecule has 0 aromatic carbocycles. The molecule has 0 amide bonds. The monoisotopic (exact) mass is 248 g/mol. The van der Waals surface area contributed by atoms with Crippen LogP contribution < -0.4 is 10.1 Å². The summed E-state index contributed by atoms with van der Waals surface area (Å²) in [4.78, 5) is 4.28. The van der Waals surface area contributed by atoms with Crippen LogP contribution >= 0.6 is 0 Å². The predicted molar refractivity (Wildman–Crippen MR) is 68.9 cm³/mol. The lowest BCUT2D eigenvalue weighted by molar-refractivity contribution is 0.184. The molecule has 4 heteroatoms. The number of ether oxygens (including phenoxy) is 2. The third kappa shape index (κ3) is 2.65. The van der Waals surface area contributed by atoms with E-state index in [1.165, 1.54) is 18.4 Å². The van der Waals surface area contributed by atoms with Gasteiger partial charge in [-0.05, 0) is 42.9 Å². The molecule has 2 aliphatic rings. The normalized spacial score (nSPS) is 29.7. The van der Waals surface area contributed by atoms with Gasteiger partial charge in [-0.3, -0.25) is 4.98 Å². The summed E-state index contributed by atoms with van der Waals surface area (Å²) in [6, 6.07) is 2.65. The van der Waals surface area contributed by atoms with Gasteiger partial charge in [-0.2, -0.15) is 0 Å². The minimum atomic E-state index is 0.524. The average molecular weight is 248 g/mol. The number of nitrogens with zero attached hydrogens (tertiary/aromatic N) is 1. The molecule has 0 radical (unpaired) electrons. The van der Waals surface area contributed by atoms with Crippen LogP contribution in [0.2, 0.25) is 0 Å². The summed E-state index contributed by atoms with van der Waals surface area (Å²) in [5.41, 5.74) is 1.29. The van der Waals surface area contributed by atoms with Crippen LogP contribution in [0.4, 0.5) is 0 Å². The molecule has 1 aliphatic heterocycles. The van der Waals surface area contributed by atoms with Crippen LogP contribution in [0, 0.1) is 5.92 Å². The zero-order chi connectivity index (χ0) is 12.4. The molecule has 3 unspecified atom stereocenters. The molecular weight excluding hydrogens is 228 g/mol. The Morgan fingerprint density at radius 1 is 1.39 bits per heavy atom. The first-order chi connectivity index (χ1) is 8.86. The summed E-state index contributed by atoms with van der Waals surface area (Å²) in [5.74, 6) is 2.17. The SMILES string of the molecule is COCC1CC1c1cncc(OCC2CCN2)c1. The molecule has 2 fully saturated rings. The van der Waals surface area contributed by atoms with Crippen molar-refractivity contribution in [3.05, 3.63) is 24.0 Å². The number of aromatic nitrogens is 1. The molecule has 2 heterocycles. The van der Waals surface area contributed by atoms with E-state index in [1.807, 2.05) is 6.20 Å². The summed E-state index contributed by atoms with van der Waals surface area (Å²) in [6.45, 7) is 2.71. The lowest BCUT2D eigenvalue weighted by Gasteiger charge is -2.27. The van der Waals surface area contributed by atoms with Gasteiger partial charge in [0.2, 0.25) is 0 Å². The first-order valence-electron chi connectivity index (χ1n) is 6.67. The van der Waals surface area contributed by atoms with Crippen LogP contribution in [-0.4, -0.2) is 37.9 Å². The number of nitrogens with one attached hydrogen (secondary N) is 1. The Kier molecular flexibility index (Phi) is 3.48. The van der Waals surface area contributed by atoms with Gasteiger partial charge >= 0.3 is 0 Å². The maximum atomic E-state index is 5.77. The van der Waals surface area contributed by atoms with E-state index in [1.54, 1.807) is 13.3 Å². The second-order valence-electron chi connectivity index (χ2n) is 5.26. The van der Waals surface area contributed by atoms with Gasteiger partial charge in [0.1, 0.15) is 12.4 Å². The smallest absolute Gasteiger partial charge is 0.137 e. The summed E-state index contributed by atoms with van der Waals surface area (Å²) < 4.78 is 11.0. The molecule has 4 nitrogen and oxygen atoms in total. The minimum Gasteiger partial charge on any atom is -0.490 e. The Bertz CT molecular complexity index is 407. The first-order valence-corrected chi connectivity index (χ1v) is 6.67. The summed E-state index contributed by atoms with van der Waals surface area (Å²) in [6.07, 6.45) is 6.18. The van der Waals surface area contributed by atoms with Crippen LogP contribution in [0.25, 0.3) is 0 Å². The summed E-state index contributed by atoms with van der Waals surface area (Å²) in [7, 11) is 1.76. The summed E-state index contributed by atoms with van der Waals surface area (Å²) >= 11 is 0. The summed E-state index contributed by atoms with van der Waals surface area (Å²) in [5, 5.41) is 3.33. The Morgan fingerprint density at radius 3 is 3.00 bits per heavy atom. The molecule has 1 aliphatic carbocycles. The van der Waals surface area contributed by atoms with E-state index in [4.69, 9.17) is 9.47 Å². The van der Waals surface area contributed by atoms with Gasteiger partial charge in [0.25, 0.3) is 0 Å². The lowest BCUT2D eigenvalue weighted by atomic mass is 10.1. The Balaban J connectivity index is 1.55. The molecule has 0 bridgehead atoms. The molecular formula is C14H20N2O2. The fourth-order valence-electron chi connectivity index (χ4n) is 2.46. The third-order valence-electron chi connectivity index (χ3n) is 3.84. The standard InChI is InChI=1S/C14H20N2O2/c1-17-8-11-5-14(11)10-4-13(7-15-6-10)18-9-12-2-3-16-12/h4,6-7,11-12,14,16H,2-3,5,8-9H2,1H3. The quantitative estimate of drug-likeness (QED) is 0.830. The second-order valence-corrected chi connectivity index (χ2v) is 5.26. The van der Waals surface area contributed by atoms with Crippen LogP contribution in [-0.2, 0) is 4.74 Å². The number of methoxy groups -OCH3 is 1. The van der Waals surface area contributed by atoms with E-state index < -0.39 is 0 Å². The molecule has 98 valence electrons. The fraction of sp³-hybridized carbons (Fsp3) is 0.643. The van der Waals surface area contributed by atoms with Crippen molar-refractivity contribution in [3.8, 4) is 5.75 Å². The van der Waals surface area contributed by atoms with Crippen molar-refractivity contribution in [3.63, 3.8) is 0 Å². The van der Waals surface area contributed by atoms with E-state index in [2.05, 4.69) is 16.4 Å². The van der Waals surface area contributed by atoms with E-state index in [-0.39, 0.29) is 0 Å².